The van der Waals surface area contributed by atoms with Gasteiger partial charge >= 0.3 is 0 Å². The van der Waals surface area contributed by atoms with Crippen LogP contribution in [0.2, 0.25) is 0 Å². The molecule has 0 radical (unpaired) electrons. The number of imidazole rings is 1. The van der Waals surface area contributed by atoms with Crippen molar-refractivity contribution < 1.29 is 8.42 Å². The van der Waals surface area contributed by atoms with E-state index in [2.05, 4.69) is 9.71 Å². The molecule has 1 rings (SSSR count). The van der Waals surface area contributed by atoms with Gasteiger partial charge in [0.1, 0.15) is 0 Å². The van der Waals surface area contributed by atoms with E-state index in [0.29, 0.717) is 0 Å². The van der Waals surface area contributed by atoms with Crippen LogP contribution in [0.4, 0.5) is 0 Å². The lowest BCUT2D eigenvalue weighted by atomic mass is 10.7. The number of aromatic nitrogens is 2. The Morgan fingerprint density at radius 1 is 1.69 bits per heavy atom. The van der Waals surface area contributed by atoms with Crippen molar-refractivity contribution >= 4 is 10.0 Å². The number of nitrogens with one attached hydrogen (secondary N) is 1. The summed E-state index contributed by atoms with van der Waals surface area (Å²) < 4.78 is 26.6. The van der Waals surface area contributed by atoms with Crippen molar-refractivity contribution in [1.82, 2.24) is 14.3 Å². The number of hydrogen-bond acceptors (Lipinski definition) is 4. The molecule has 0 aliphatic rings. The number of nitrogens with zero attached hydrogens (tertiary/aromatic N) is 2. The van der Waals surface area contributed by atoms with Crippen LogP contribution in [0, 0.1) is 0 Å². The summed E-state index contributed by atoms with van der Waals surface area (Å²) in [6, 6.07) is 0. The van der Waals surface area contributed by atoms with E-state index in [1.54, 1.807) is 11.6 Å². The van der Waals surface area contributed by atoms with Crippen LogP contribution in [-0.2, 0) is 17.1 Å². The zero-order chi connectivity index (χ0) is 9.90. The molecular formula is C6H12N4O2S. The van der Waals surface area contributed by atoms with E-state index in [0.717, 1.165) is 0 Å². The third-order valence-corrected chi connectivity index (χ3v) is 2.74. The monoisotopic (exact) mass is 204 g/mol. The molecule has 0 aliphatic carbocycles. The summed E-state index contributed by atoms with van der Waals surface area (Å²) in [4.78, 5) is 3.71. The van der Waals surface area contributed by atoms with Gasteiger partial charge in [-0.15, -0.1) is 0 Å². The van der Waals surface area contributed by atoms with Crippen LogP contribution in [0.25, 0.3) is 0 Å². The summed E-state index contributed by atoms with van der Waals surface area (Å²) >= 11 is 0. The highest BCUT2D eigenvalue weighted by Crippen LogP contribution is 2.02. The molecule has 3 N–H and O–H groups in total. The minimum Gasteiger partial charge on any atom is -0.339 e. The molecule has 1 heterocycles. The normalized spacial score (nSPS) is 11.8. The van der Waals surface area contributed by atoms with Gasteiger partial charge < -0.3 is 10.3 Å². The zero-order valence-corrected chi connectivity index (χ0v) is 8.08. The second-order valence-electron chi connectivity index (χ2n) is 2.56. The molecule has 0 saturated carbocycles. The second-order valence-corrected chi connectivity index (χ2v) is 4.28. The number of hydrogen-bond donors (Lipinski definition) is 2. The maximum absolute atomic E-state index is 11.4. The number of rotatable bonds is 4. The first kappa shape index (κ1) is 10.2. The molecule has 1 aromatic heterocycles. The molecule has 0 aromatic carbocycles. The highest BCUT2D eigenvalue weighted by atomic mass is 32.2. The Balaban J connectivity index is 2.82. The Kier molecular flexibility index (Phi) is 3.02. The fraction of sp³-hybridized carbons (Fsp3) is 0.500. The van der Waals surface area contributed by atoms with Gasteiger partial charge in [0.05, 0.1) is 6.33 Å². The summed E-state index contributed by atoms with van der Waals surface area (Å²) in [6.07, 6.45) is 2.86. The molecule has 13 heavy (non-hydrogen) atoms. The van der Waals surface area contributed by atoms with Crippen molar-refractivity contribution in [2.24, 2.45) is 12.8 Å². The van der Waals surface area contributed by atoms with Gasteiger partial charge in [-0.25, -0.2) is 18.1 Å². The van der Waals surface area contributed by atoms with Crippen molar-refractivity contribution in [3.8, 4) is 0 Å². The Morgan fingerprint density at radius 2 is 2.38 bits per heavy atom. The Morgan fingerprint density at radius 3 is 2.85 bits per heavy atom. The smallest absolute Gasteiger partial charge is 0.259 e. The Hall–Kier alpha value is -0.920. The summed E-state index contributed by atoms with van der Waals surface area (Å²) in [5, 5.41) is 0.0171. The molecule has 1 aromatic rings. The van der Waals surface area contributed by atoms with Crippen LogP contribution >= 0.6 is 0 Å². The van der Waals surface area contributed by atoms with Crippen molar-refractivity contribution in [2.75, 3.05) is 13.1 Å². The quantitative estimate of drug-likeness (QED) is 0.635. The van der Waals surface area contributed by atoms with E-state index in [-0.39, 0.29) is 18.1 Å². The molecule has 74 valence electrons. The van der Waals surface area contributed by atoms with Gasteiger partial charge in [-0.3, -0.25) is 0 Å². The average molecular weight is 204 g/mol. The molecule has 0 bridgehead atoms. The third-order valence-electron chi connectivity index (χ3n) is 1.39. The van der Waals surface area contributed by atoms with Crippen LogP contribution in [0.5, 0.6) is 0 Å². The molecule has 0 atom stereocenters. The molecule has 0 saturated heterocycles. The van der Waals surface area contributed by atoms with E-state index in [1.165, 1.54) is 12.5 Å². The topological polar surface area (TPSA) is 90.0 Å². The van der Waals surface area contributed by atoms with Crippen molar-refractivity contribution in [1.29, 1.82) is 0 Å². The van der Waals surface area contributed by atoms with E-state index < -0.39 is 10.0 Å². The number of aryl methyl sites for hydroxylation is 1. The highest BCUT2D eigenvalue weighted by Gasteiger charge is 2.15. The predicted octanol–water partition coefficient (Wildman–Crippen LogP) is -1.34. The minimum atomic E-state index is -3.46. The number of sulfonamides is 1. The summed E-state index contributed by atoms with van der Waals surface area (Å²) in [5.74, 6) is 0. The molecule has 0 unspecified atom stereocenters. The Labute approximate surface area is 76.8 Å². The first-order valence-electron chi connectivity index (χ1n) is 3.74. The van der Waals surface area contributed by atoms with Gasteiger partial charge in [-0.1, -0.05) is 0 Å². The van der Waals surface area contributed by atoms with Gasteiger partial charge in [-0.05, 0) is 0 Å². The maximum Gasteiger partial charge on any atom is 0.259 e. The first-order valence-corrected chi connectivity index (χ1v) is 5.22. The fourth-order valence-corrected chi connectivity index (χ4v) is 1.82. The standard InChI is InChI=1S/C6H12N4O2S/c1-10-4-6(8-5-10)13(11,12)9-3-2-7/h4-5,9H,2-3,7H2,1H3. The van der Waals surface area contributed by atoms with Crippen LogP contribution in [0.1, 0.15) is 0 Å². The molecule has 0 spiro atoms. The van der Waals surface area contributed by atoms with Crippen molar-refractivity contribution in [3.63, 3.8) is 0 Å². The van der Waals surface area contributed by atoms with Gasteiger partial charge in [0.15, 0.2) is 5.03 Å². The van der Waals surface area contributed by atoms with E-state index in [9.17, 15) is 8.42 Å². The highest BCUT2D eigenvalue weighted by molar-refractivity contribution is 7.89. The van der Waals surface area contributed by atoms with Gasteiger partial charge in [0, 0.05) is 26.3 Å². The van der Waals surface area contributed by atoms with Gasteiger partial charge in [0.25, 0.3) is 10.0 Å². The third kappa shape index (κ3) is 2.51. The summed E-state index contributed by atoms with van der Waals surface area (Å²) in [7, 11) is -1.76. The predicted molar refractivity (Wildman–Crippen MR) is 47.5 cm³/mol. The SMILES string of the molecule is Cn1cnc(S(=O)(=O)NCCN)c1. The molecule has 0 aliphatic heterocycles. The number of nitrogens with two attached hydrogens (primary N) is 1. The summed E-state index contributed by atoms with van der Waals surface area (Å²) in [5.41, 5.74) is 5.17. The zero-order valence-electron chi connectivity index (χ0n) is 7.27. The lowest BCUT2D eigenvalue weighted by Crippen LogP contribution is -2.29. The van der Waals surface area contributed by atoms with Gasteiger partial charge in [-0.2, -0.15) is 0 Å². The van der Waals surface area contributed by atoms with E-state index in [1.807, 2.05) is 0 Å². The molecule has 0 fully saturated rings. The van der Waals surface area contributed by atoms with Crippen LogP contribution < -0.4 is 10.5 Å². The van der Waals surface area contributed by atoms with Crippen LogP contribution in [0.15, 0.2) is 17.6 Å². The first-order chi connectivity index (χ1) is 6.06. The molecule has 7 heteroatoms. The largest absolute Gasteiger partial charge is 0.339 e. The average Bonchev–Trinajstić information content (AvgIpc) is 2.49. The van der Waals surface area contributed by atoms with Gasteiger partial charge in [0.2, 0.25) is 0 Å². The second kappa shape index (κ2) is 3.86. The van der Waals surface area contributed by atoms with Crippen molar-refractivity contribution in [2.45, 2.75) is 5.03 Å². The lowest BCUT2D eigenvalue weighted by molar-refractivity contribution is 0.579. The van der Waals surface area contributed by atoms with E-state index in [4.69, 9.17) is 5.73 Å². The Bertz CT molecular complexity index is 370. The fourth-order valence-electron chi connectivity index (χ4n) is 0.795. The maximum atomic E-state index is 11.4. The molecule has 6 nitrogen and oxygen atoms in total. The van der Waals surface area contributed by atoms with E-state index >= 15 is 0 Å². The van der Waals surface area contributed by atoms with Crippen molar-refractivity contribution in [3.05, 3.63) is 12.5 Å². The lowest BCUT2D eigenvalue weighted by Gasteiger charge is -2.00. The van der Waals surface area contributed by atoms with Crippen LogP contribution in [0.3, 0.4) is 0 Å². The van der Waals surface area contributed by atoms with Crippen LogP contribution in [-0.4, -0.2) is 31.1 Å². The summed E-state index contributed by atoms with van der Waals surface area (Å²) in [6.45, 7) is 0.491. The molecule has 0 amide bonds. The minimum absolute atomic E-state index is 0.0171. The molecular weight excluding hydrogens is 192 g/mol.